The van der Waals surface area contributed by atoms with Crippen molar-refractivity contribution in [3.63, 3.8) is 0 Å². The van der Waals surface area contributed by atoms with E-state index in [0.29, 0.717) is 0 Å². The Morgan fingerprint density at radius 1 is 0.778 bits per heavy atom. The fourth-order valence-electron chi connectivity index (χ4n) is 1.12. The topological polar surface area (TPSA) is 24.1 Å². The van der Waals surface area contributed by atoms with Gasteiger partial charge >= 0.3 is 13.7 Å². The maximum Gasteiger partial charge on any atom is 0.375 e. The Labute approximate surface area is 128 Å². The second kappa shape index (κ2) is 6.36. The number of halogens is 4. The van der Waals surface area contributed by atoms with Gasteiger partial charge in [0.05, 0.1) is 0 Å². The van der Waals surface area contributed by atoms with E-state index in [0.717, 1.165) is 11.4 Å². The minimum absolute atomic E-state index is 0.812. The van der Waals surface area contributed by atoms with E-state index in [1.807, 2.05) is 24.3 Å². The zero-order valence-electron chi connectivity index (χ0n) is 9.39. The summed E-state index contributed by atoms with van der Waals surface area (Å²) in [4.78, 5) is 6.04. The predicted octanol–water partition coefficient (Wildman–Crippen LogP) is 4.79. The molecule has 0 unspecified atom stereocenters. The van der Waals surface area contributed by atoms with Crippen molar-refractivity contribution in [1.82, 2.24) is 0 Å². The Morgan fingerprint density at radius 3 is 1.28 bits per heavy atom. The molecule has 0 radical (unpaired) electrons. The Kier molecular flexibility index (Phi) is 5.64. The largest absolute Gasteiger partial charge is 0.384 e. The number of benzene rings is 1. The van der Waals surface area contributed by atoms with E-state index in [-0.39, 0.29) is 0 Å². The third-order valence-corrected chi connectivity index (χ3v) is 7.27. The van der Waals surface area contributed by atoms with Gasteiger partial charge in [0, 0.05) is 11.4 Å². The smallest absolute Gasteiger partial charge is 0.375 e. The Morgan fingerprint density at radius 2 is 1.06 bits per heavy atom. The summed E-state index contributed by atoms with van der Waals surface area (Å²) in [5, 5.41) is 0. The van der Waals surface area contributed by atoms with E-state index < -0.39 is 13.7 Å². The van der Waals surface area contributed by atoms with E-state index in [4.69, 9.17) is 44.3 Å². The van der Waals surface area contributed by atoms with Crippen LogP contribution in [0.15, 0.2) is 48.8 Å². The average molecular weight is 358 g/mol. The molecule has 0 spiro atoms. The van der Waals surface area contributed by atoms with Crippen LogP contribution in [0.2, 0.25) is 0 Å². The summed E-state index contributed by atoms with van der Waals surface area (Å²) in [7, 11) is 0. The first-order valence-corrected chi connectivity index (χ1v) is 13.2. The zero-order chi connectivity index (χ0) is 13.8. The summed E-state index contributed by atoms with van der Waals surface area (Å²) < 4.78 is 0. The standard InChI is InChI=1S/C10H12Cl4N2Si2/c1-3-17(11,12)15-9-5-7-10(8-6-9)16-18(13,14)4-2/h3-8,15-16H,1-2H2. The molecule has 8 heteroatoms. The SMILES string of the molecule is C=C[Si](Cl)(Cl)Nc1ccc(N[Si](Cl)(Cl)C=C)cc1. The first kappa shape index (κ1) is 15.9. The summed E-state index contributed by atoms with van der Waals surface area (Å²) in [6.07, 6.45) is 0. The molecular weight excluding hydrogens is 346 g/mol. The highest BCUT2D eigenvalue weighted by atomic mass is 35.7. The summed E-state index contributed by atoms with van der Waals surface area (Å²) in [5.41, 5.74) is 4.70. The lowest BCUT2D eigenvalue weighted by Gasteiger charge is -2.17. The van der Waals surface area contributed by atoms with Crippen molar-refractivity contribution in [2.45, 2.75) is 0 Å². The van der Waals surface area contributed by atoms with Gasteiger partial charge < -0.3 is 9.96 Å². The molecule has 0 aliphatic carbocycles. The molecule has 0 amide bonds. The lowest BCUT2D eigenvalue weighted by Crippen LogP contribution is -2.29. The minimum Gasteiger partial charge on any atom is -0.384 e. The van der Waals surface area contributed by atoms with Gasteiger partial charge in [0.1, 0.15) is 0 Å². The van der Waals surface area contributed by atoms with E-state index in [2.05, 4.69) is 23.1 Å². The lowest BCUT2D eigenvalue weighted by atomic mass is 10.3. The van der Waals surface area contributed by atoms with Gasteiger partial charge in [-0.2, -0.15) is 0 Å². The van der Waals surface area contributed by atoms with E-state index in [1.165, 1.54) is 11.4 Å². The Bertz CT molecular complexity index is 393. The van der Waals surface area contributed by atoms with Gasteiger partial charge in [-0.15, -0.1) is 57.5 Å². The van der Waals surface area contributed by atoms with Gasteiger partial charge in [-0.3, -0.25) is 0 Å². The van der Waals surface area contributed by atoms with Crippen molar-refractivity contribution in [2.24, 2.45) is 0 Å². The highest BCUT2D eigenvalue weighted by Crippen LogP contribution is 2.24. The summed E-state index contributed by atoms with van der Waals surface area (Å²) in [6, 6.07) is 7.33. The molecule has 0 aromatic heterocycles. The van der Waals surface area contributed by atoms with Crippen LogP contribution in [0, 0.1) is 0 Å². The molecule has 18 heavy (non-hydrogen) atoms. The maximum atomic E-state index is 6.03. The van der Waals surface area contributed by atoms with Gasteiger partial charge in [0.15, 0.2) is 0 Å². The summed E-state index contributed by atoms with van der Waals surface area (Å²) >= 11 is 24.1. The molecule has 98 valence electrons. The van der Waals surface area contributed by atoms with E-state index in [1.54, 1.807) is 0 Å². The highest BCUT2D eigenvalue weighted by Gasteiger charge is 2.25. The van der Waals surface area contributed by atoms with E-state index in [9.17, 15) is 0 Å². The van der Waals surface area contributed by atoms with Crippen LogP contribution in [0.4, 0.5) is 11.4 Å². The predicted molar refractivity (Wildman–Crippen MR) is 89.0 cm³/mol. The van der Waals surface area contributed by atoms with Crippen molar-refractivity contribution < 1.29 is 0 Å². The van der Waals surface area contributed by atoms with E-state index >= 15 is 0 Å². The van der Waals surface area contributed by atoms with Crippen molar-refractivity contribution in [3.8, 4) is 0 Å². The highest BCUT2D eigenvalue weighted by molar-refractivity contribution is 7.49. The summed E-state index contributed by atoms with van der Waals surface area (Å²) in [6.45, 7) is 1.95. The molecule has 2 nitrogen and oxygen atoms in total. The second-order valence-electron chi connectivity index (χ2n) is 3.48. The normalized spacial score (nSPS) is 11.8. The van der Waals surface area contributed by atoms with Crippen molar-refractivity contribution >= 4 is 69.4 Å². The molecule has 0 atom stereocenters. The van der Waals surface area contributed by atoms with Crippen LogP contribution < -0.4 is 9.96 Å². The lowest BCUT2D eigenvalue weighted by molar-refractivity contribution is 1.63. The number of hydrogen-bond acceptors (Lipinski definition) is 2. The quantitative estimate of drug-likeness (QED) is 0.564. The molecule has 2 N–H and O–H groups in total. The Balaban J connectivity index is 2.75. The van der Waals surface area contributed by atoms with Gasteiger partial charge in [-0.25, -0.2) is 0 Å². The number of anilines is 2. The number of rotatable bonds is 6. The first-order valence-electron chi connectivity index (χ1n) is 4.97. The van der Waals surface area contributed by atoms with Crippen molar-refractivity contribution in [3.05, 3.63) is 48.8 Å². The zero-order valence-corrected chi connectivity index (χ0v) is 14.4. The molecule has 0 fully saturated rings. The van der Waals surface area contributed by atoms with Crippen LogP contribution >= 0.6 is 44.3 Å². The van der Waals surface area contributed by atoms with Gasteiger partial charge in [-0.1, -0.05) is 11.4 Å². The molecule has 0 saturated heterocycles. The third-order valence-electron chi connectivity index (χ3n) is 2.02. The van der Waals surface area contributed by atoms with Crippen molar-refractivity contribution in [1.29, 1.82) is 0 Å². The van der Waals surface area contributed by atoms with Crippen molar-refractivity contribution in [2.75, 3.05) is 9.96 Å². The van der Waals surface area contributed by atoms with Gasteiger partial charge in [0.2, 0.25) is 0 Å². The molecule has 0 aliphatic heterocycles. The van der Waals surface area contributed by atoms with Crippen LogP contribution in [0.25, 0.3) is 0 Å². The fourth-order valence-corrected chi connectivity index (χ4v) is 3.74. The molecular formula is C10H12Cl4N2Si2. The molecule has 1 rings (SSSR count). The second-order valence-corrected chi connectivity index (χ2v) is 15.6. The molecule has 0 heterocycles. The van der Waals surface area contributed by atoms with Crippen LogP contribution in [0.5, 0.6) is 0 Å². The monoisotopic (exact) mass is 356 g/mol. The first-order chi connectivity index (χ1) is 8.28. The average Bonchev–Trinajstić information content (AvgIpc) is 2.31. The van der Waals surface area contributed by atoms with Crippen LogP contribution in [-0.2, 0) is 0 Å². The van der Waals surface area contributed by atoms with Gasteiger partial charge in [-0.05, 0) is 24.3 Å². The number of hydrogen-bond donors (Lipinski definition) is 2. The fraction of sp³-hybridized carbons (Fsp3) is 0. The van der Waals surface area contributed by atoms with Crippen LogP contribution in [-0.4, -0.2) is 13.7 Å². The third kappa shape index (κ3) is 5.26. The molecule has 0 aliphatic rings. The van der Waals surface area contributed by atoms with Crippen LogP contribution in [0.3, 0.4) is 0 Å². The Hall–Kier alpha value is -0.106. The van der Waals surface area contributed by atoms with Gasteiger partial charge in [0.25, 0.3) is 0 Å². The molecule has 0 bridgehead atoms. The molecule has 1 aromatic rings. The van der Waals surface area contributed by atoms with Crippen LogP contribution in [0.1, 0.15) is 0 Å². The molecule has 0 saturated carbocycles. The minimum atomic E-state index is -2.61. The number of nitrogens with one attached hydrogen (secondary N) is 2. The maximum absolute atomic E-state index is 6.03. The summed E-state index contributed by atoms with van der Waals surface area (Å²) in [5.74, 6) is 0. The molecule has 1 aromatic carbocycles.